The van der Waals surface area contributed by atoms with E-state index in [9.17, 15) is 19.5 Å². The zero-order valence-electron chi connectivity index (χ0n) is 16.0. The molecule has 0 fully saturated rings. The van der Waals surface area contributed by atoms with Crippen molar-refractivity contribution in [3.8, 4) is 17.0 Å². The molecule has 8 nitrogen and oxygen atoms in total. The second kappa shape index (κ2) is 9.75. The molecule has 1 amide bonds. The van der Waals surface area contributed by atoms with Crippen LogP contribution < -0.4 is 10.9 Å². The van der Waals surface area contributed by atoms with E-state index in [4.69, 9.17) is 4.74 Å². The minimum Gasteiger partial charge on any atom is -0.493 e. The highest BCUT2D eigenvalue weighted by atomic mass is 32.2. The number of carbonyl (C=O) groups excluding carboxylic acids is 2. The number of amides is 1. The molecule has 0 saturated heterocycles. The van der Waals surface area contributed by atoms with E-state index in [1.165, 1.54) is 0 Å². The number of benzene rings is 2. The molecule has 0 unspecified atom stereocenters. The van der Waals surface area contributed by atoms with Gasteiger partial charge in [0.25, 0.3) is 5.56 Å². The quantitative estimate of drug-likeness (QED) is 0.302. The van der Waals surface area contributed by atoms with Crippen molar-refractivity contribution in [2.45, 2.75) is 12.1 Å². The molecule has 3 aromatic rings. The SMILES string of the molecule is CCOC(=O)c1ccc(NC(=O)CSc2nc(O)c(-c3ccccc3)c(=O)[nH]2)cc1. The Kier molecular flexibility index (Phi) is 6.87. The standard InChI is InChI=1S/C21H19N3O5S/c1-2-29-20(28)14-8-10-15(11-9-14)22-16(25)12-30-21-23-18(26)17(19(27)24-21)13-6-4-3-5-7-13/h3-11H,2,12H2,1H3,(H,22,25)(H2,23,24,26,27). The van der Waals surface area contributed by atoms with Crippen molar-refractivity contribution in [1.29, 1.82) is 0 Å². The summed E-state index contributed by atoms with van der Waals surface area (Å²) < 4.78 is 4.91. The van der Waals surface area contributed by atoms with Gasteiger partial charge in [0, 0.05) is 5.69 Å². The molecule has 30 heavy (non-hydrogen) atoms. The topological polar surface area (TPSA) is 121 Å². The molecule has 0 bridgehead atoms. The van der Waals surface area contributed by atoms with Crippen molar-refractivity contribution in [2.24, 2.45) is 0 Å². The Morgan fingerprint density at radius 3 is 2.47 bits per heavy atom. The average Bonchev–Trinajstić information content (AvgIpc) is 2.73. The summed E-state index contributed by atoms with van der Waals surface area (Å²) in [6.45, 7) is 2.01. The third kappa shape index (κ3) is 5.26. The Hall–Kier alpha value is -3.59. The zero-order valence-corrected chi connectivity index (χ0v) is 16.9. The number of esters is 1. The van der Waals surface area contributed by atoms with Gasteiger partial charge in [0.1, 0.15) is 5.56 Å². The summed E-state index contributed by atoms with van der Waals surface area (Å²) in [7, 11) is 0. The number of nitrogens with one attached hydrogen (secondary N) is 2. The molecule has 3 rings (SSSR count). The molecule has 0 saturated carbocycles. The van der Waals surface area contributed by atoms with Crippen LogP contribution in [0, 0.1) is 0 Å². The van der Waals surface area contributed by atoms with E-state index in [-0.39, 0.29) is 29.0 Å². The number of carbonyl (C=O) groups is 2. The number of ether oxygens (including phenoxy) is 1. The van der Waals surface area contributed by atoms with Crippen LogP contribution in [-0.4, -0.2) is 39.3 Å². The Labute approximate surface area is 176 Å². The predicted molar refractivity (Wildman–Crippen MR) is 114 cm³/mol. The fourth-order valence-corrected chi connectivity index (χ4v) is 3.27. The first kappa shape index (κ1) is 21.1. The fourth-order valence-electron chi connectivity index (χ4n) is 2.61. The Bertz CT molecular complexity index is 1100. The van der Waals surface area contributed by atoms with E-state index in [0.29, 0.717) is 16.8 Å². The third-order valence-corrected chi connectivity index (χ3v) is 4.83. The molecule has 154 valence electrons. The molecule has 1 aromatic heterocycles. The maximum atomic E-state index is 12.3. The predicted octanol–water partition coefficient (Wildman–Crippen LogP) is 3.05. The van der Waals surface area contributed by atoms with Crippen LogP contribution in [0.15, 0.2) is 64.5 Å². The number of rotatable bonds is 7. The van der Waals surface area contributed by atoms with E-state index in [1.54, 1.807) is 61.5 Å². The van der Waals surface area contributed by atoms with Crippen LogP contribution in [0.25, 0.3) is 11.1 Å². The molecule has 1 heterocycles. The van der Waals surface area contributed by atoms with Gasteiger partial charge >= 0.3 is 5.97 Å². The van der Waals surface area contributed by atoms with Crippen LogP contribution in [0.3, 0.4) is 0 Å². The van der Waals surface area contributed by atoms with E-state index in [1.807, 2.05) is 0 Å². The molecule has 0 aliphatic rings. The van der Waals surface area contributed by atoms with Gasteiger partial charge in [0.15, 0.2) is 5.16 Å². The molecule has 2 aromatic carbocycles. The fraction of sp³-hybridized carbons (Fsp3) is 0.143. The molecule has 9 heteroatoms. The van der Waals surface area contributed by atoms with Gasteiger partial charge in [-0.2, -0.15) is 4.98 Å². The van der Waals surface area contributed by atoms with Gasteiger partial charge in [-0.1, -0.05) is 42.1 Å². The normalized spacial score (nSPS) is 10.4. The lowest BCUT2D eigenvalue weighted by Gasteiger charge is -2.07. The number of aromatic hydroxyl groups is 1. The number of nitrogens with zero attached hydrogens (tertiary/aromatic N) is 1. The molecule has 0 spiro atoms. The molecule has 0 aliphatic heterocycles. The van der Waals surface area contributed by atoms with Crippen molar-refractivity contribution in [3.63, 3.8) is 0 Å². The van der Waals surface area contributed by atoms with Gasteiger partial charge in [0.2, 0.25) is 11.8 Å². The number of hydrogen-bond acceptors (Lipinski definition) is 7. The lowest BCUT2D eigenvalue weighted by atomic mass is 10.1. The Morgan fingerprint density at radius 2 is 1.83 bits per heavy atom. The first-order valence-corrected chi connectivity index (χ1v) is 10.0. The zero-order chi connectivity index (χ0) is 21.5. The summed E-state index contributed by atoms with van der Waals surface area (Å²) >= 11 is 0.982. The summed E-state index contributed by atoms with van der Waals surface area (Å²) in [6.07, 6.45) is 0. The maximum Gasteiger partial charge on any atom is 0.338 e. The summed E-state index contributed by atoms with van der Waals surface area (Å²) in [5.41, 5.74) is 1.03. The van der Waals surface area contributed by atoms with E-state index in [2.05, 4.69) is 15.3 Å². The minimum atomic E-state index is -0.494. The van der Waals surface area contributed by atoms with Crippen LogP contribution in [0.4, 0.5) is 5.69 Å². The number of thioether (sulfide) groups is 1. The summed E-state index contributed by atoms with van der Waals surface area (Å²) in [5, 5.41) is 13.0. The van der Waals surface area contributed by atoms with Gasteiger partial charge < -0.3 is 20.1 Å². The highest BCUT2D eigenvalue weighted by Gasteiger charge is 2.14. The Morgan fingerprint density at radius 1 is 1.13 bits per heavy atom. The average molecular weight is 425 g/mol. The van der Waals surface area contributed by atoms with Crippen LogP contribution in [0.5, 0.6) is 5.88 Å². The van der Waals surface area contributed by atoms with Crippen molar-refractivity contribution < 1.29 is 19.4 Å². The summed E-state index contributed by atoms with van der Waals surface area (Å²) in [6, 6.07) is 15.0. The van der Waals surface area contributed by atoms with Gasteiger partial charge in [-0.3, -0.25) is 9.59 Å². The summed E-state index contributed by atoms with van der Waals surface area (Å²) in [4.78, 5) is 42.7. The number of aromatic nitrogens is 2. The second-order valence-electron chi connectivity index (χ2n) is 6.07. The lowest BCUT2D eigenvalue weighted by molar-refractivity contribution is -0.113. The molecule has 0 radical (unpaired) electrons. The first-order valence-electron chi connectivity index (χ1n) is 9.06. The van der Waals surface area contributed by atoms with Gasteiger partial charge in [-0.15, -0.1) is 0 Å². The number of anilines is 1. The van der Waals surface area contributed by atoms with Crippen LogP contribution in [-0.2, 0) is 9.53 Å². The summed E-state index contributed by atoms with van der Waals surface area (Å²) in [5.74, 6) is -1.20. The smallest absolute Gasteiger partial charge is 0.338 e. The van der Waals surface area contributed by atoms with Gasteiger partial charge in [-0.25, -0.2) is 4.79 Å². The first-order chi connectivity index (χ1) is 14.5. The van der Waals surface area contributed by atoms with Crippen molar-refractivity contribution in [1.82, 2.24) is 9.97 Å². The Balaban J connectivity index is 1.61. The number of hydrogen-bond donors (Lipinski definition) is 3. The molecule has 0 atom stereocenters. The van der Waals surface area contributed by atoms with Crippen LogP contribution in [0.2, 0.25) is 0 Å². The van der Waals surface area contributed by atoms with Gasteiger partial charge in [-0.05, 0) is 36.8 Å². The van der Waals surface area contributed by atoms with E-state index < -0.39 is 17.4 Å². The highest BCUT2D eigenvalue weighted by molar-refractivity contribution is 7.99. The van der Waals surface area contributed by atoms with Crippen molar-refractivity contribution in [2.75, 3.05) is 17.7 Å². The molecular weight excluding hydrogens is 406 g/mol. The van der Waals surface area contributed by atoms with Crippen LogP contribution >= 0.6 is 11.8 Å². The maximum absolute atomic E-state index is 12.3. The molecule has 0 aliphatic carbocycles. The minimum absolute atomic E-state index is 0.0350. The van der Waals surface area contributed by atoms with E-state index >= 15 is 0 Å². The molecule has 3 N–H and O–H groups in total. The van der Waals surface area contributed by atoms with Crippen molar-refractivity contribution in [3.05, 3.63) is 70.5 Å². The largest absolute Gasteiger partial charge is 0.493 e. The molecular formula is C21H19N3O5S. The van der Waals surface area contributed by atoms with Crippen LogP contribution in [0.1, 0.15) is 17.3 Å². The van der Waals surface area contributed by atoms with Gasteiger partial charge in [0.05, 0.1) is 17.9 Å². The van der Waals surface area contributed by atoms with Crippen molar-refractivity contribution >= 4 is 29.3 Å². The second-order valence-corrected chi connectivity index (χ2v) is 7.03. The lowest BCUT2D eigenvalue weighted by Crippen LogP contribution is -2.16. The third-order valence-electron chi connectivity index (χ3n) is 3.96. The van der Waals surface area contributed by atoms with E-state index in [0.717, 1.165) is 11.8 Å². The number of H-pyrrole nitrogens is 1. The monoisotopic (exact) mass is 425 g/mol. The number of aromatic amines is 1. The highest BCUT2D eigenvalue weighted by Crippen LogP contribution is 2.25.